The lowest BCUT2D eigenvalue weighted by molar-refractivity contribution is 0.281. The molecule has 0 saturated carbocycles. The van der Waals surface area contributed by atoms with Crippen molar-refractivity contribution >= 4 is 27.3 Å². The molecule has 20 heavy (non-hydrogen) atoms. The molecule has 0 aliphatic carbocycles. The zero-order valence-electron chi connectivity index (χ0n) is 11.7. The van der Waals surface area contributed by atoms with Gasteiger partial charge in [0.1, 0.15) is 0 Å². The lowest BCUT2D eigenvalue weighted by Crippen LogP contribution is -2.19. The highest BCUT2D eigenvalue weighted by Crippen LogP contribution is 2.31. The minimum atomic E-state index is 0.0130. The van der Waals surface area contributed by atoms with Crippen LogP contribution in [0.1, 0.15) is 12.5 Å². The second-order valence-electron chi connectivity index (χ2n) is 5.03. The highest BCUT2D eigenvalue weighted by atomic mass is 79.9. The summed E-state index contributed by atoms with van der Waals surface area (Å²) in [5, 5.41) is 12.4. The maximum atomic E-state index is 9.14. The molecule has 0 fully saturated rings. The van der Waals surface area contributed by atoms with Gasteiger partial charge >= 0.3 is 0 Å². The Balaban J connectivity index is 2.44. The minimum absolute atomic E-state index is 0.0130. The average Bonchev–Trinajstić information content (AvgIpc) is 2.40. The van der Waals surface area contributed by atoms with Crippen LogP contribution in [0.5, 0.6) is 0 Å². The number of nitrogens with two attached hydrogens (primary N) is 1. The maximum Gasteiger partial charge on any atom is 0.0630 e. The van der Waals surface area contributed by atoms with Gasteiger partial charge in [-0.15, -0.1) is 0 Å². The number of aryl methyl sites for hydroxylation is 1. The van der Waals surface area contributed by atoms with Crippen LogP contribution in [0.25, 0.3) is 11.1 Å². The monoisotopic (exact) mass is 334 g/mol. The second kappa shape index (κ2) is 6.29. The van der Waals surface area contributed by atoms with Crippen LogP contribution in [0.2, 0.25) is 0 Å². The molecule has 0 aliphatic rings. The zero-order chi connectivity index (χ0) is 14.7. The van der Waals surface area contributed by atoms with Crippen molar-refractivity contribution in [2.45, 2.75) is 19.9 Å². The first-order valence-corrected chi connectivity index (χ1v) is 7.33. The second-order valence-corrected chi connectivity index (χ2v) is 5.95. The van der Waals surface area contributed by atoms with E-state index < -0.39 is 0 Å². The fraction of sp³-hybridized carbons (Fsp3) is 0.250. The number of rotatable bonds is 4. The van der Waals surface area contributed by atoms with Gasteiger partial charge in [0.15, 0.2) is 0 Å². The standard InChI is InChI=1S/C16H19BrN2O/c1-10-3-4-14(18)8-16(10)12-5-13(17)7-15(6-12)19-11(2)9-20/h3-8,11,19-20H,9,18H2,1-2H3/t11-/m1/s1. The number of nitrogen functional groups attached to an aromatic ring is 1. The Kier molecular flexibility index (Phi) is 4.68. The number of aliphatic hydroxyl groups is 1. The molecule has 1 atom stereocenters. The van der Waals surface area contributed by atoms with Crippen LogP contribution in [0.4, 0.5) is 11.4 Å². The molecule has 2 rings (SSSR count). The van der Waals surface area contributed by atoms with Crippen LogP contribution in [0.3, 0.4) is 0 Å². The highest BCUT2D eigenvalue weighted by Gasteiger charge is 2.07. The molecule has 0 amide bonds. The Bertz CT molecular complexity index is 613. The summed E-state index contributed by atoms with van der Waals surface area (Å²) in [5.41, 5.74) is 11.0. The molecule has 0 spiro atoms. The molecule has 0 aromatic heterocycles. The van der Waals surface area contributed by atoms with E-state index in [2.05, 4.69) is 40.3 Å². The molecule has 2 aromatic rings. The Labute approximate surface area is 127 Å². The van der Waals surface area contributed by atoms with Crippen LogP contribution < -0.4 is 11.1 Å². The first-order valence-electron chi connectivity index (χ1n) is 6.54. The molecular weight excluding hydrogens is 316 g/mol. The van der Waals surface area contributed by atoms with Crippen molar-refractivity contribution in [2.24, 2.45) is 0 Å². The van der Waals surface area contributed by atoms with Crippen molar-refractivity contribution in [2.75, 3.05) is 17.7 Å². The third kappa shape index (κ3) is 3.52. The number of aliphatic hydroxyl groups excluding tert-OH is 1. The summed E-state index contributed by atoms with van der Waals surface area (Å²) in [7, 11) is 0. The first-order chi connectivity index (χ1) is 9.49. The van der Waals surface area contributed by atoms with Crippen LogP contribution >= 0.6 is 15.9 Å². The Morgan fingerprint density at radius 1 is 1.25 bits per heavy atom. The van der Waals surface area contributed by atoms with Crippen molar-refractivity contribution in [3.63, 3.8) is 0 Å². The molecular formula is C16H19BrN2O. The third-order valence-corrected chi connectivity index (χ3v) is 3.62. The molecule has 0 bridgehead atoms. The quantitative estimate of drug-likeness (QED) is 0.745. The van der Waals surface area contributed by atoms with Gasteiger partial charge in [-0.25, -0.2) is 0 Å². The fourth-order valence-electron chi connectivity index (χ4n) is 2.11. The molecule has 0 heterocycles. The SMILES string of the molecule is Cc1ccc(N)cc1-c1cc(Br)cc(N[C@H](C)CO)c1. The van der Waals surface area contributed by atoms with Gasteiger partial charge in [0.2, 0.25) is 0 Å². The fourth-order valence-corrected chi connectivity index (χ4v) is 2.60. The van der Waals surface area contributed by atoms with Crippen molar-refractivity contribution < 1.29 is 5.11 Å². The molecule has 0 saturated heterocycles. The molecule has 0 radical (unpaired) electrons. The normalized spacial score (nSPS) is 12.2. The van der Waals surface area contributed by atoms with Gasteiger partial charge in [-0.3, -0.25) is 0 Å². The van der Waals surface area contributed by atoms with Gasteiger partial charge in [0.05, 0.1) is 6.61 Å². The largest absolute Gasteiger partial charge is 0.399 e. The summed E-state index contributed by atoms with van der Waals surface area (Å²) in [5.74, 6) is 0. The topological polar surface area (TPSA) is 58.3 Å². The number of nitrogens with one attached hydrogen (secondary N) is 1. The molecule has 0 aliphatic heterocycles. The van der Waals surface area contributed by atoms with Gasteiger partial charge in [-0.1, -0.05) is 22.0 Å². The summed E-state index contributed by atoms with van der Waals surface area (Å²) >= 11 is 3.53. The number of halogens is 1. The van der Waals surface area contributed by atoms with Gasteiger partial charge in [0.25, 0.3) is 0 Å². The number of anilines is 2. The van der Waals surface area contributed by atoms with E-state index in [0.717, 1.165) is 27.0 Å². The summed E-state index contributed by atoms with van der Waals surface area (Å²) < 4.78 is 0.990. The number of hydrogen-bond acceptors (Lipinski definition) is 3. The Morgan fingerprint density at radius 2 is 2.00 bits per heavy atom. The zero-order valence-corrected chi connectivity index (χ0v) is 13.2. The summed E-state index contributed by atoms with van der Waals surface area (Å²) in [6.07, 6.45) is 0. The van der Waals surface area contributed by atoms with E-state index in [1.807, 2.05) is 31.2 Å². The first kappa shape index (κ1) is 14.9. The van der Waals surface area contributed by atoms with Crippen LogP contribution in [0.15, 0.2) is 40.9 Å². The smallest absolute Gasteiger partial charge is 0.0630 e. The predicted molar refractivity (Wildman–Crippen MR) is 88.9 cm³/mol. The number of hydrogen-bond donors (Lipinski definition) is 3. The van der Waals surface area contributed by atoms with Crippen molar-refractivity contribution in [3.8, 4) is 11.1 Å². The van der Waals surface area contributed by atoms with E-state index in [1.54, 1.807) is 0 Å². The van der Waals surface area contributed by atoms with Crippen LogP contribution in [-0.4, -0.2) is 17.8 Å². The van der Waals surface area contributed by atoms with Crippen LogP contribution in [-0.2, 0) is 0 Å². The van der Waals surface area contributed by atoms with E-state index in [1.165, 1.54) is 5.56 Å². The lowest BCUT2D eigenvalue weighted by Gasteiger charge is -2.15. The van der Waals surface area contributed by atoms with E-state index in [-0.39, 0.29) is 12.6 Å². The van der Waals surface area contributed by atoms with Crippen LogP contribution in [0, 0.1) is 6.92 Å². The molecule has 0 unspecified atom stereocenters. The van der Waals surface area contributed by atoms with E-state index in [9.17, 15) is 0 Å². The summed E-state index contributed by atoms with van der Waals surface area (Å²) in [4.78, 5) is 0. The average molecular weight is 335 g/mol. The van der Waals surface area contributed by atoms with Crippen molar-refractivity contribution in [1.29, 1.82) is 0 Å². The Morgan fingerprint density at radius 3 is 2.70 bits per heavy atom. The van der Waals surface area contributed by atoms with Gasteiger partial charge in [-0.2, -0.15) is 0 Å². The Hall–Kier alpha value is -1.52. The third-order valence-electron chi connectivity index (χ3n) is 3.16. The summed E-state index contributed by atoms with van der Waals surface area (Å²) in [6.45, 7) is 4.10. The van der Waals surface area contributed by atoms with Crippen molar-refractivity contribution in [3.05, 3.63) is 46.4 Å². The van der Waals surface area contributed by atoms with E-state index in [0.29, 0.717) is 0 Å². The predicted octanol–water partition coefficient (Wildman–Crippen LogP) is 3.80. The summed E-state index contributed by atoms with van der Waals surface area (Å²) in [6, 6.07) is 12.1. The van der Waals surface area contributed by atoms with E-state index in [4.69, 9.17) is 10.8 Å². The number of benzene rings is 2. The van der Waals surface area contributed by atoms with E-state index >= 15 is 0 Å². The molecule has 4 heteroatoms. The molecule has 2 aromatic carbocycles. The van der Waals surface area contributed by atoms with Gasteiger partial charge in [-0.05, 0) is 60.9 Å². The molecule has 106 valence electrons. The maximum absolute atomic E-state index is 9.14. The molecule has 3 nitrogen and oxygen atoms in total. The minimum Gasteiger partial charge on any atom is -0.399 e. The highest BCUT2D eigenvalue weighted by molar-refractivity contribution is 9.10. The lowest BCUT2D eigenvalue weighted by atomic mass is 9.99. The van der Waals surface area contributed by atoms with Crippen molar-refractivity contribution in [1.82, 2.24) is 0 Å². The van der Waals surface area contributed by atoms with Gasteiger partial charge < -0.3 is 16.2 Å². The van der Waals surface area contributed by atoms with Gasteiger partial charge in [0, 0.05) is 21.9 Å². The molecule has 4 N–H and O–H groups in total.